The van der Waals surface area contributed by atoms with Crippen LogP contribution >= 0.6 is 9.24 Å². The van der Waals surface area contributed by atoms with E-state index in [0.29, 0.717) is 5.16 Å². The lowest BCUT2D eigenvalue weighted by atomic mass is 9.88. The van der Waals surface area contributed by atoms with Crippen molar-refractivity contribution < 1.29 is 9.90 Å². The molecule has 0 rings (SSSR count). The molecular formula is C21H45O2P. The van der Waals surface area contributed by atoms with Gasteiger partial charge in [0.15, 0.2) is 0 Å². The number of hydrogen-bond donors (Lipinski definition) is 1. The molecule has 1 unspecified atom stereocenters. The summed E-state index contributed by atoms with van der Waals surface area (Å²) in [6.07, 6.45) is 15.3. The minimum atomic E-state index is -0.694. The molecule has 0 heterocycles. The summed E-state index contributed by atoms with van der Waals surface area (Å²) in [5.41, 5.74) is -0.532. The second-order valence-electron chi connectivity index (χ2n) is 7.97. The van der Waals surface area contributed by atoms with Crippen LogP contribution in [0.4, 0.5) is 0 Å². The highest BCUT2D eigenvalue weighted by atomic mass is 31.0. The van der Waals surface area contributed by atoms with Crippen LogP contribution in [-0.4, -0.2) is 16.2 Å². The summed E-state index contributed by atoms with van der Waals surface area (Å²) >= 11 is 0. The number of carboxylic acids is 1. The molecule has 0 aromatic carbocycles. The minimum absolute atomic E-state index is 0.532. The highest BCUT2D eigenvalue weighted by Gasteiger charge is 2.25. The number of aliphatic carboxylic acids is 1. The van der Waals surface area contributed by atoms with Crippen molar-refractivity contribution >= 4 is 15.2 Å². The Morgan fingerprint density at radius 3 is 1.29 bits per heavy atom. The fraction of sp³-hybridized carbons (Fsp3) is 0.952. The van der Waals surface area contributed by atoms with Gasteiger partial charge in [-0.2, -0.15) is 0 Å². The predicted octanol–water partition coefficient (Wildman–Crippen LogP) is 7.46. The van der Waals surface area contributed by atoms with Gasteiger partial charge in [-0.3, -0.25) is 4.79 Å². The molecule has 0 bridgehead atoms. The molecule has 0 aliphatic rings. The molecule has 0 aliphatic carbocycles. The molecule has 2 nitrogen and oxygen atoms in total. The summed E-state index contributed by atoms with van der Waals surface area (Å²) in [5, 5.41) is 9.24. The molecule has 3 heteroatoms. The Balaban J connectivity index is 0. The van der Waals surface area contributed by atoms with Crippen LogP contribution in [0.5, 0.6) is 0 Å². The minimum Gasteiger partial charge on any atom is -0.481 e. The fourth-order valence-electron chi connectivity index (χ4n) is 2.69. The zero-order chi connectivity index (χ0) is 19.1. The van der Waals surface area contributed by atoms with E-state index >= 15 is 0 Å². The normalized spacial score (nSPS) is 11.8. The number of unbranched alkanes of at least 4 members (excludes halogenated alkanes) is 4. The average molecular weight is 361 g/mol. The van der Waals surface area contributed by atoms with E-state index in [1.165, 1.54) is 57.8 Å². The van der Waals surface area contributed by atoms with Gasteiger partial charge in [-0.25, -0.2) is 0 Å². The highest BCUT2D eigenvalue weighted by Crippen LogP contribution is 2.36. The van der Waals surface area contributed by atoms with Crippen molar-refractivity contribution in [2.24, 2.45) is 5.41 Å². The molecule has 0 saturated carbocycles. The van der Waals surface area contributed by atoms with Gasteiger partial charge >= 0.3 is 5.97 Å². The molecule has 1 atom stereocenters. The number of rotatable bonds is 13. The maximum atomic E-state index is 10.5. The first-order chi connectivity index (χ1) is 11.2. The number of carboxylic acid groups (broad SMARTS) is 1. The molecule has 0 aromatic rings. The second kappa shape index (κ2) is 15.2. The van der Waals surface area contributed by atoms with Crippen LogP contribution in [0.2, 0.25) is 0 Å². The maximum Gasteiger partial charge on any atom is 0.309 e. The van der Waals surface area contributed by atoms with Crippen molar-refractivity contribution in [1.29, 1.82) is 0 Å². The van der Waals surface area contributed by atoms with Crippen LogP contribution in [0.15, 0.2) is 0 Å². The summed E-state index contributed by atoms with van der Waals surface area (Å²) in [6, 6.07) is 0. The summed E-state index contributed by atoms with van der Waals surface area (Å²) in [5.74, 6) is -0.694. The number of hydrogen-bond acceptors (Lipinski definition) is 1. The van der Waals surface area contributed by atoms with Crippen molar-refractivity contribution in [3.8, 4) is 0 Å². The van der Waals surface area contributed by atoms with E-state index in [1.54, 1.807) is 13.8 Å². The fourth-order valence-corrected chi connectivity index (χ4v) is 3.30. The standard InChI is InChI=1S/C13H29P.C8H16O2/c1-4-7-10-13(14,11-8-5-2)12-9-6-3;1-4-5-6-8(2,3)7(9)10/h4-12,14H2,1-3H3;4-6H2,1-3H3,(H,9,10). The van der Waals surface area contributed by atoms with Gasteiger partial charge in [0.1, 0.15) is 0 Å². The van der Waals surface area contributed by atoms with Crippen LogP contribution in [0, 0.1) is 5.41 Å². The first-order valence-corrected chi connectivity index (χ1v) is 10.8. The third-order valence-electron chi connectivity index (χ3n) is 4.82. The molecule has 0 saturated heterocycles. The first-order valence-electron chi connectivity index (χ1n) is 10.2. The Labute approximate surface area is 154 Å². The zero-order valence-electron chi connectivity index (χ0n) is 17.4. The Hall–Kier alpha value is -0.100. The van der Waals surface area contributed by atoms with Crippen molar-refractivity contribution in [1.82, 2.24) is 0 Å². The van der Waals surface area contributed by atoms with Gasteiger partial charge in [0, 0.05) is 0 Å². The van der Waals surface area contributed by atoms with Crippen molar-refractivity contribution in [3.05, 3.63) is 0 Å². The molecule has 0 fully saturated rings. The molecule has 0 aliphatic heterocycles. The summed E-state index contributed by atoms with van der Waals surface area (Å²) < 4.78 is 0. The quantitative estimate of drug-likeness (QED) is 0.346. The predicted molar refractivity (Wildman–Crippen MR) is 112 cm³/mol. The van der Waals surface area contributed by atoms with Gasteiger partial charge in [-0.05, 0) is 44.7 Å². The Kier molecular flexibility index (Phi) is 16.5. The smallest absolute Gasteiger partial charge is 0.309 e. The molecule has 0 radical (unpaired) electrons. The van der Waals surface area contributed by atoms with Crippen molar-refractivity contribution in [2.45, 2.75) is 124 Å². The summed E-state index contributed by atoms with van der Waals surface area (Å²) in [4.78, 5) is 10.5. The highest BCUT2D eigenvalue weighted by molar-refractivity contribution is 7.19. The van der Waals surface area contributed by atoms with Gasteiger partial charge in [0.05, 0.1) is 5.41 Å². The van der Waals surface area contributed by atoms with Crippen LogP contribution in [0.25, 0.3) is 0 Å². The molecular weight excluding hydrogens is 315 g/mol. The molecule has 146 valence electrons. The SMILES string of the molecule is CCCCC(C)(C)C(=O)O.CCCCC(P)(CCCC)CCCC. The van der Waals surface area contributed by atoms with Crippen LogP contribution in [0.3, 0.4) is 0 Å². The lowest BCUT2D eigenvalue weighted by Gasteiger charge is -2.29. The van der Waals surface area contributed by atoms with Crippen molar-refractivity contribution in [3.63, 3.8) is 0 Å². The van der Waals surface area contributed by atoms with Crippen LogP contribution in [-0.2, 0) is 4.79 Å². The molecule has 24 heavy (non-hydrogen) atoms. The molecule has 0 amide bonds. The van der Waals surface area contributed by atoms with E-state index in [0.717, 1.165) is 19.3 Å². The average Bonchev–Trinajstić information content (AvgIpc) is 2.55. The Bertz CT molecular complexity index is 278. The van der Waals surface area contributed by atoms with E-state index in [2.05, 4.69) is 36.9 Å². The second-order valence-corrected chi connectivity index (χ2v) is 9.19. The third-order valence-corrected chi connectivity index (χ3v) is 5.68. The summed E-state index contributed by atoms with van der Waals surface area (Å²) in [7, 11) is 3.17. The first kappa shape index (κ1) is 26.1. The Morgan fingerprint density at radius 1 is 0.750 bits per heavy atom. The van der Waals surface area contributed by atoms with Gasteiger partial charge in [0.2, 0.25) is 0 Å². The van der Waals surface area contributed by atoms with Crippen molar-refractivity contribution in [2.75, 3.05) is 0 Å². The van der Waals surface area contributed by atoms with E-state index < -0.39 is 11.4 Å². The summed E-state index contributed by atoms with van der Waals surface area (Å²) in [6.45, 7) is 12.5. The van der Waals surface area contributed by atoms with Crippen LogP contribution < -0.4 is 0 Å². The monoisotopic (exact) mass is 360 g/mol. The zero-order valence-corrected chi connectivity index (χ0v) is 18.6. The molecule has 0 spiro atoms. The van der Waals surface area contributed by atoms with Crippen LogP contribution in [0.1, 0.15) is 119 Å². The largest absolute Gasteiger partial charge is 0.481 e. The van der Waals surface area contributed by atoms with E-state index in [1.807, 2.05) is 0 Å². The van der Waals surface area contributed by atoms with Gasteiger partial charge in [-0.15, -0.1) is 9.24 Å². The Morgan fingerprint density at radius 2 is 1.04 bits per heavy atom. The van der Waals surface area contributed by atoms with Gasteiger partial charge in [-0.1, -0.05) is 79.1 Å². The third kappa shape index (κ3) is 14.3. The van der Waals surface area contributed by atoms with E-state index in [-0.39, 0.29) is 0 Å². The van der Waals surface area contributed by atoms with Gasteiger partial charge in [0.25, 0.3) is 0 Å². The molecule has 0 aromatic heterocycles. The lowest BCUT2D eigenvalue weighted by molar-refractivity contribution is -0.147. The molecule has 1 N–H and O–H groups in total. The number of carbonyl (C=O) groups is 1. The topological polar surface area (TPSA) is 37.3 Å². The van der Waals surface area contributed by atoms with Gasteiger partial charge < -0.3 is 5.11 Å². The van der Waals surface area contributed by atoms with E-state index in [4.69, 9.17) is 5.11 Å². The van der Waals surface area contributed by atoms with E-state index in [9.17, 15) is 4.79 Å². The maximum absolute atomic E-state index is 10.5. The lowest BCUT2D eigenvalue weighted by Crippen LogP contribution is -2.23.